The van der Waals surface area contributed by atoms with Crippen molar-refractivity contribution < 1.29 is 15.5 Å². The minimum absolute atomic E-state index is 0.00479. The first-order chi connectivity index (χ1) is 8.13. The number of nitrogens with zero attached hydrogens (tertiary/aromatic N) is 2. The molecule has 1 aromatic carbocycles. The van der Waals surface area contributed by atoms with Crippen LogP contribution in [0.2, 0.25) is 0 Å². The summed E-state index contributed by atoms with van der Waals surface area (Å²) in [7, 11) is 0. The van der Waals surface area contributed by atoms with Gasteiger partial charge in [0.05, 0.1) is 24.5 Å². The molecule has 0 aliphatic carbocycles. The molecule has 0 bridgehead atoms. The molecule has 0 aromatic heterocycles. The van der Waals surface area contributed by atoms with E-state index in [0.717, 1.165) is 15.8 Å². The normalized spacial score (nSPS) is 15.8. The first-order valence-corrected chi connectivity index (χ1v) is 5.29. The van der Waals surface area contributed by atoms with Gasteiger partial charge in [0.1, 0.15) is 6.67 Å². The van der Waals surface area contributed by atoms with Gasteiger partial charge in [-0.05, 0) is 12.1 Å². The first-order valence-electron chi connectivity index (χ1n) is 5.29. The van der Waals surface area contributed by atoms with E-state index in [-0.39, 0.29) is 19.8 Å². The number of fused-ring (bicyclic) bond motifs is 1. The highest BCUT2D eigenvalue weighted by molar-refractivity contribution is 5.78. The first kappa shape index (κ1) is 11.9. The molecule has 2 rings (SSSR count). The van der Waals surface area contributed by atoms with Gasteiger partial charge >= 0.3 is 0 Å². The Labute approximate surface area is 98.6 Å². The number of nitrogens with one attached hydrogen (secondary N) is 1. The number of aliphatic hydroxyl groups is 1. The van der Waals surface area contributed by atoms with Crippen LogP contribution in [0.5, 0.6) is 0 Å². The maximum atomic E-state index is 9.74. The largest absolute Gasteiger partial charge is 0.397 e. The molecule has 1 aromatic rings. The van der Waals surface area contributed by atoms with E-state index in [1.165, 1.54) is 0 Å². The molecule has 0 saturated heterocycles. The van der Waals surface area contributed by atoms with Crippen LogP contribution in [0, 0.1) is 0 Å². The minimum Gasteiger partial charge on any atom is -0.397 e. The lowest BCUT2D eigenvalue weighted by Gasteiger charge is -2.32. The molecule has 0 spiro atoms. The van der Waals surface area contributed by atoms with Gasteiger partial charge in [0.25, 0.3) is 0 Å². The summed E-state index contributed by atoms with van der Waals surface area (Å²) in [5, 5.41) is 32.9. The second-order valence-corrected chi connectivity index (χ2v) is 3.89. The van der Waals surface area contributed by atoms with Crippen LogP contribution in [0.25, 0.3) is 0 Å². The van der Waals surface area contributed by atoms with E-state index in [2.05, 4.69) is 5.32 Å². The number of anilines is 3. The third-order valence-electron chi connectivity index (χ3n) is 2.64. The third-order valence-corrected chi connectivity index (χ3v) is 2.64. The van der Waals surface area contributed by atoms with Crippen LogP contribution < -0.4 is 16.1 Å². The molecule has 7 nitrogen and oxygen atoms in total. The Balaban J connectivity index is 2.39. The standard InChI is InChI=1S/C10H16N4O3/c11-8-1-2-9(12-3-4-15)7-5-13(16)6-14(17)10(7)8/h1-2,12,15-17H,3-6,11H2. The van der Waals surface area contributed by atoms with Gasteiger partial charge in [0, 0.05) is 17.8 Å². The molecule has 0 unspecified atom stereocenters. The van der Waals surface area contributed by atoms with E-state index >= 15 is 0 Å². The molecule has 0 atom stereocenters. The molecule has 0 radical (unpaired) electrons. The highest BCUT2D eigenvalue weighted by atomic mass is 16.5. The van der Waals surface area contributed by atoms with Crippen LogP contribution in [0.1, 0.15) is 5.56 Å². The van der Waals surface area contributed by atoms with E-state index in [9.17, 15) is 10.4 Å². The molecule has 1 aliphatic heterocycles. The number of nitrogens with two attached hydrogens (primary N) is 1. The molecule has 6 N–H and O–H groups in total. The van der Waals surface area contributed by atoms with Crippen LogP contribution in [0.4, 0.5) is 17.1 Å². The molecular weight excluding hydrogens is 224 g/mol. The fourth-order valence-electron chi connectivity index (χ4n) is 1.93. The zero-order chi connectivity index (χ0) is 12.4. The molecule has 1 heterocycles. The Morgan fingerprint density at radius 2 is 2.12 bits per heavy atom. The van der Waals surface area contributed by atoms with Crippen molar-refractivity contribution in [1.29, 1.82) is 0 Å². The predicted molar refractivity (Wildman–Crippen MR) is 62.9 cm³/mol. The summed E-state index contributed by atoms with van der Waals surface area (Å²) < 4.78 is 0. The van der Waals surface area contributed by atoms with Gasteiger partial charge in [-0.3, -0.25) is 5.21 Å². The SMILES string of the molecule is Nc1ccc(NCCO)c2c1N(O)CN(O)C2. The van der Waals surface area contributed by atoms with Crippen LogP contribution in [0.15, 0.2) is 12.1 Å². The van der Waals surface area contributed by atoms with E-state index in [0.29, 0.717) is 23.5 Å². The van der Waals surface area contributed by atoms with Gasteiger partial charge < -0.3 is 21.4 Å². The highest BCUT2D eigenvalue weighted by Crippen LogP contribution is 2.36. The lowest BCUT2D eigenvalue weighted by atomic mass is 10.1. The van der Waals surface area contributed by atoms with Crippen molar-refractivity contribution in [3.8, 4) is 0 Å². The molecule has 17 heavy (non-hydrogen) atoms. The fourth-order valence-corrected chi connectivity index (χ4v) is 1.93. The second kappa shape index (κ2) is 4.76. The van der Waals surface area contributed by atoms with Crippen LogP contribution >= 0.6 is 0 Å². The zero-order valence-corrected chi connectivity index (χ0v) is 9.30. The van der Waals surface area contributed by atoms with Crippen molar-refractivity contribution in [1.82, 2.24) is 5.06 Å². The van der Waals surface area contributed by atoms with Crippen LogP contribution in [0.3, 0.4) is 0 Å². The molecule has 1 aliphatic rings. The highest BCUT2D eigenvalue weighted by Gasteiger charge is 2.24. The Kier molecular flexibility index (Phi) is 3.34. The van der Waals surface area contributed by atoms with Crippen LogP contribution in [-0.4, -0.2) is 40.4 Å². The maximum Gasteiger partial charge on any atom is 0.121 e. The third kappa shape index (κ3) is 2.27. The quantitative estimate of drug-likeness (QED) is 0.475. The number of rotatable bonds is 3. The number of hydroxylamine groups is 3. The summed E-state index contributed by atoms with van der Waals surface area (Å²) in [4.78, 5) is 0. The van der Waals surface area contributed by atoms with E-state index < -0.39 is 0 Å². The summed E-state index contributed by atoms with van der Waals surface area (Å²) >= 11 is 0. The van der Waals surface area contributed by atoms with Crippen LogP contribution in [-0.2, 0) is 6.54 Å². The predicted octanol–water partition coefficient (Wildman–Crippen LogP) is 0.0309. The van der Waals surface area contributed by atoms with E-state index in [1.807, 2.05) is 0 Å². The lowest BCUT2D eigenvalue weighted by molar-refractivity contribution is -0.117. The molecular formula is C10H16N4O3. The topological polar surface area (TPSA) is 105 Å². The monoisotopic (exact) mass is 240 g/mol. The smallest absolute Gasteiger partial charge is 0.121 e. The van der Waals surface area contributed by atoms with Gasteiger partial charge in [-0.25, -0.2) is 5.06 Å². The summed E-state index contributed by atoms with van der Waals surface area (Å²) in [6, 6.07) is 3.44. The number of aliphatic hydroxyl groups excluding tert-OH is 1. The molecule has 0 amide bonds. The van der Waals surface area contributed by atoms with Crippen molar-refractivity contribution in [3.05, 3.63) is 17.7 Å². The summed E-state index contributed by atoms with van der Waals surface area (Å²) in [5.41, 5.74) is 8.18. The average Bonchev–Trinajstić information content (AvgIpc) is 2.27. The average molecular weight is 240 g/mol. The number of hydrogen-bond acceptors (Lipinski definition) is 7. The molecule has 0 fully saturated rings. The van der Waals surface area contributed by atoms with Gasteiger partial charge in [-0.1, -0.05) is 0 Å². The molecule has 94 valence electrons. The van der Waals surface area contributed by atoms with Crippen molar-refractivity contribution in [2.75, 3.05) is 35.9 Å². The van der Waals surface area contributed by atoms with Crippen molar-refractivity contribution in [2.24, 2.45) is 0 Å². The lowest BCUT2D eigenvalue weighted by Crippen LogP contribution is -2.39. The van der Waals surface area contributed by atoms with Gasteiger partial charge in [-0.2, -0.15) is 5.06 Å². The van der Waals surface area contributed by atoms with E-state index in [4.69, 9.17) is 10.8 Å². The van der Waals surface area contributed by atoms with Gasteiger partial charge in [-0.15, -0.1) is 0 Å². The Bertz CT molecular complexity index is 413. The second-order valence-electron chi connectivity index (χ2n) is 3.89. The number of hydrogen-bond donors (Lipinski definition) is 5. The summed E-state index contributed by atoms with van der Waals surface area (Å²) in [5.74, 6) is 0. The molecule has 7 heteroatoms. The number of nitrogen functional groups attached to an aromatic ring is 1. The van der Waals surface area contributed by atoms with E-state index in [1.54, 1.807) is 12.1 Å². The van der Waals surface area contributed by atoms with Gasteiger partial charge in [0.2, 0.25) is 0 Å². The van der Waals surface area contributed by atoms with Crippen molar-refractivity contribution in [2.45, 2.75) is 6.54 Å². The maximum absolute atomic E-state index is 9.74. The Morgan fingerprint density at radius 3 is 2.82 bits per heavy atom. The summed E-state index contributed by atoms with van der Waals surface area (Å²) in [6.07, 6.45) is 0. The number of benzene rings is 1. The van der Waals surface area contributed by atoms with Crippen molar-refractivity contribution in [3.63, 3.8) is 0 Å². The zero-order valence-electron chi connectivity index (χ0n) is 9.30. The van der Waals surface area contributed by atoms with Gasteiger partial charge in [0.15, 0.2) is 0 Å². The Morgan fingerprint density at radius 1 is 1.35 bits per heavy atom. The van der Waals surface area contributed by atoms with Crippen molar-refractivity contribution >= 4 is 17.1 Å². The minimum atomic E-state index is -0.0132. The fraction of sp³-hybridized carbons (Fsp3) is 0.400. The Hall–Kier alpha value is -1.54. The molecule has 0 saturated carbocycles. The summed E-state index contributed by atoms with van der Waals surface area (Å²) in [6.45, 7) is 0.657.